The monoisotopic (exact) mass is 331 g/mol. The summed E-state index contributed by atoms with van der Waals surface area (Å²) in [4.78, 5) is 21.7. The fourth-order valence-electron chi connectivity index (χ4n) is 4.92. The van der Waals surface area contributed by atoms with Gasteiger partial charge in [0.2, 0.25) is 5.95 Å². The summed E-state index contributed by atoms with van der Waals surface area (Å²) in [6, 6.07) is 1.36. The van der Waals surface area contributed by atoms with Crippen molar-refractivity contribution < 1.29 is 4.90 Å². The van der Waals surface area contributed by atoms with Gasteiger partial charge >= 0.3 is 0 Å². The van der Waals surface area contributed by atoms with E-state index in [0.717, 1.165) is 43.0 Å². The molecule has 0 aromatic carbocycles. The largest absolute Gasteiger partial charge is 0.353 e. The van der Waals surface area contributed by atoms with Gasteiger partial charge < -0.3 is 10.2 Å². The third kappa shape index (κ3) is 3.51. The van der Waals surface area contributed by atoms with Crippen molar-refractivity contribution in [3.8, 4) is 0 Å². The van der Waals surface area contributed by atoms with Gasteiger partial charge in [0, 0.05) is 24.4 Å². The molecule has 1 aliphatic heterocycles. The number of nitrogens with zero attached hydrogens (tertiary/aromatic N) is 1. The number of aromatic amines is 1. The van der Waals surface area contributed by atoms with E-state index in [0.29, 0.717) is 12.0 Å². The molecule has 5 heteroatoms. The Bertz CT molecular complexity index is 612. The Morgan fingerprint density at radius 2 is 1.71 bits per heavy atom. The Morgan fingerprint density at radius 1 is 0.958 bits per heavy atom. The van der Waals surface area contributed by atoms with E-state index in [-0.39, 0.29) is 5.56 Å². The third-order valence-corrected chi connectivity index (χ3v) is 6.34. The van der Waals surface area contributed by atoms with Crippen LogP contribution in [0.15, 0.2) is 4.79 Å². The summed E-state index contributed by atoms with van der Waals surface area (Å²) in [5, 5.41) is 3.52. The van der Waals surface area contributed by atoms with Gasteiger partial charge in [-0.05, 0) is 51.4 Å². The molecule has 0 amide bonds. The fourth-order valence-corrected chi connectivity index (χ4v) is 4.92. The molecule has 0 atom stereocenters. The molecular formula is C19H31N4O+. The Kier molecular flexibility index (Phi) is 4.88. The average molecular weight is 331 g/mol. The fraction of sp³-hybridized carbons (Fsp3) is 0.789. The second-order valence-electron chi connectivity index (χ2n) is 7.96. The number of rotatable bonds is 3. The second kappa shape index (κ2) is 7.26. The molecule has 1 saturated carbocycles. The van der Waals surface area contributed by atoms with E-state index in [1.807, 2.05) is 4.90 Å². The van der Waals surface area contributed by atoms with E-state index in [9.17, 15) is 4.79 Å². The van der Waals surface area contributed by atoms with E-state index in [1.165, 1.54) is 58.0 Å². The van der Waals surface area contributed by atoms with Crippen molar-refractivity contribution in [1.82, 2.24) is 9.97 Å². The van der Waals surface area contributed by atoms with Gasteiger partial charge in [0.05, 0.1) is 24.8 Å². The number of hydrogen-bond donors (Lipinski definition) is 3. The molecule has 1 saturated heterocycles. The van der Waals surface area contributed by atoms with Gasteiger partial charge in [-0.2, -0.15) is 0 Å². The van der Waals surface area contributed by atoms with E-state index in [2.05, 4.69) is 10.3 Å². The van der Waals surface area contributed by atoms with Crippen molar-refractivity contribution in [2.45, 2.75) is 82.7 Å². The van der Waals surface area contributed by atoms with E-state index in [1.54, 1.807) is 0 Å². The zero-order valence-corrected chi connectivity index (χ0v) is 14.7. The number of piperidine rings is 1. The van der Waals surface area contributed by atoms with Crippen LogP contribution in [0.4, 0.5) is 5.95 Å². The van der Waals surface area contributed by atoms with Gasteiger partial charge in [-0.3, -0.25) is 9.78 Å². The highest BCUT2D eigenvalue weighted by Gasteiger charge is 2.29. The zero-order chi connectivity index (χ0) is 16.4. The van der Waals surface area contributed by atoms with Crippen LogP contribution in [0, 0.1) is 0 Å². The highest BCUT2D eigenvalue weighted by atomic mass is 16.1. The third-order valence-electron chi connectivity index (χ3n) is 6.34. The minimum Gasteiger partial charge on any atom is -0.353 e. The molecule has 132 valence electrons. The standard InChI is InChI=1S/C19H30N4O/c24-18-16-8-4-5-9-17(16)21-19(22-18)20-14-10-12-23(13-11-14)15-6-2-1-3-7-15/h14-15H,1-13H2,(H2,20,21,22,24)/p+1. The Morgan fingerprint density at radius 3 is 2.50 bits per heavy atom. The summed E-state index contributed by atoms with van der Waals surface area (Å²) < 4.78 is 0. The number of quaternary nitrogens is 1. The van der Waals surface area contributed by atoms with Gasteiger partial charge in [0.15, 0.2) is 0 Å². The first kappa shape index (κ1) is 16.1. The Labute approximate surface area is 144 Å². The van der Waals surface area contributed by atoms with E-state index < -0.39 is 0 Å². The van der Waals surface area contributed by atoms with Gasteiger partial charge in [-0.1, -0.05) is 6.42 Å². The molecule has 2 fully saturated rings. The van der Waals surface area contributed by atoms with Crippen LogP contribution in [-0.2, 0) is 12.8 Å². The number of anilines is 1. The van der Waals surface area contributed by atoms with Crippen LogP contribution in [0.2, 0.25) is 0 Å². The second-order valence-corrected chi connectivity index (χ2v) is 7.96. The number of H-pyrrole nitrogens is 1. The maximum absolute atomic E-state index is 12.2. The summed E-state index contributed by atoms with van der Waals surface area (Å²) in [7, 11) is 0. The SMILES string of the molecule is O=c1[nH]c(NC2CC[NH+](C3CCCCC3)CC2)nc2c1CCCC2. The smallest absolute Gasteiger partial charge is 0.255 e. The zero-order valence-electron chi connectivity index (χ0n) is 14.7. The molecule has 0 unspecified atom stereocenters. The van der Waals surface area contributed by atoms with Crippen LogP contribution in [0.25, 0.3) is 0 Å². The maximum Gasteiger partial charge on any atom is 0.255 e. The van der Waals surface area contributed by atoms with Gasteiger partial charge in [-0.15, -0.1) is 0 Å². The molecule has 1 aromatic rings. The summed E-state index contributed by atoms with van der Waals surface area (Å²) in [6.07, 6.45) is 13.6. The topological polar surface area (TPSA) is 62.2 Å². The lowest BCUT2D eigenvalue weighted by Crippen LogP contribution is -3.17. The van der Waals surface area contributed by atoms with Crippen LogP contribution >= 0.6 is 0 Å². The summed E-state index contributed by atoms with van der Waals surface area (Å²) in [5.41, 5.74) is 2.02. The van der Waals surface area contributed by atoms with Crippen LogP contribution in [0.5, 0.6) is 0 Å². The molecule has 3 N–H and O–H groups in total. The predicted octanol–water partition coefficient (Wildman–Crippen LogP) is 1.44. The molecule has 24 heavy (non-hydrogen) atoms. The van der Waals surface area contributed by atoms with Gasteiger partial charge in [0.1, 0.15) is 0 Å². The van der Waals surface area contributed by atoms with Crippen molar-refractivity contribution >= 4 is 5.95 Å². The van der Waals surface area contributed by atoms with Crippen LogP contribution in [0.3, 0.4) is 0 Å². The minimum atomic E-state index is 0.0764. The lowest BCUT2D eigenvalue weighted by Gasteiger charge is -2.36. The average Bonchev–Trinajstić information content (AvgIpc) is 2.63. The number of fused-ring (bicyclic) bond motifs is 1. The summed E-state index contributed by atoms with van der Waals surface area (Å²) in [5.74, 6) is 0.701. The molecule has 2 aliphatic carbocycles. The molecule has 0 spiro atoms. The summed E-state index contributed by atoms with van der Waals surface area (Å²) in [6.45, 7) is 2.52. The normalized spacial score (nSPS) is 28.3. The molecule has 4 rings (SSSR count). The number of aryl methyl sites for hydroxylation is 1. The van der Waals surface area contributed by atoms with Crippen molar-refractivity contribution in [2.24, 2.45) is 0 Å². The van der Waals surface area contributed by atoms with Crippen LogP contribution < -0.4 is 15.8 Å². The van der Waals surface area contributed by atoms with Crippen LogP contribution in [0.1, 0.15) is 69.0 Å². The number of likely N-dealkylation sites (tertiary alicyclic amines) is 1. The quantitative estimate of drug-likeness (QED) is 0.785. The maximum atomic E-state index is 12.2. The number of aromatic nitrogens is 2. The van der Waals surface area contributed by atoms with Gasteiger partial charge in [0.25, 0.3) is 5.56 Å². The van der Waals surface area contributed by atoms with E-state index in [4.69, 9.17) is 4.98 Å². The summed E-state index contributed by atoms with van der Waals surface area (Å²) >= 11 is 0. The van der Waals surface area contributed by atoms with Crippen molar-refractivity contribution in [3.63, 3.8) is 0 Å². The minimum absolute atomic E-state index is 0.0764. The molecular weight excluding hydrogens is 300 g/mol. The van der Waals surface area contributed by atoms with Crippen LogP contribution in [-0.4, -0.2) is 35.1 Å². The van der Waals surface area contributed by atoms with Crippen molar-refractivity contribution in [2.75, 3.05) is 18.4 Å². The molecule has 1 aromatic heterocycles. The lowest BCUT2D eigenvalue weighted by atomic mass is 9.92. The Hall–Kier alpha value is -1.36. The number of hydrogen-bond acceptors (Lipinski definition) is 3. The molecule has 5 nitrogen and oxygen atoms in total. The van der Waals surface area contributed by atoms with Crippen molar-refractivity contribution in [3.05, 3.63) is 21.6 Å². The molecule has 0 bridgehead atoms. The first-order valence-corrected chi connectivity index (χ1v) is 10.0. The first-order valence-electron chi connectivity index (χ1n) is 10.0. The predicted molar refractivity (Wildman–Crippen MR) is 95.7 cm³/mol. The highest BCUT2D eigenvalue weighted by Crippen LogP contribution is 2.19. The Balaban J connectivity index is 1.35. The van der Waals surface area contributed by atoms with E-state index >= 15 is 0 Å². The number of nitrogens with one attached hydrogen (secondary N) is 3. The highest BCUT2D eigenvalue weighted by molar-refractivity contribution is 5.32. The molecule has 0 radical (unpaired) electrons. The first-order chi connectivity index (χ1) is 11.8. The molecule has 2 heterocycles. The lowest BCUT2D eigenvalue weighted by molar-refractivity contribution is -0.931. The molecule has 3 aliphatic rings. The van der Waals surface area contributed by atoms with Gasteiger partial charge in [-0.25, -0.2) is 4.98 Å². The van der Waals surface area contributed by atoms with Crippen molar-refractivity contribution in [1.29, 1.82) is 0 Å².